The van der Waals surface area contributed by atoms with Gasteiger partial charge in [0.25, 0.3) is 5.91 Å². The molecule has 0 aliphatic heterocycles. The molecule has 0 aliphatic rings. The first-order chi connectivity index (χ1) is 13.8. The van der Waals surface area contributed by atoms with Crippen LogP contribution in [0.15, 0.2) is 35.9 Å². The van der Waals surface area contributed by atoms with Crippen molar-refractivity contribution < 1.29 is 19.1 Å². The fourth-order valence-corrected chi connectivity index (χ4v) is 4.51. The Morgan fingerprint density at radius 3 is 2.45 bits per heavy atom. The summed E-state index contributed by atoms with van der Waals surface area (Å²) in [5.74, 6) is -0.403. The van der Waals surface area contributed by atoms with Gasteiger partial charge in [-0.05, 0) is 100.0 Å². The van der Waals surface area contributed by atoms with Crippen molar-refractivity contribution in [2.24, 2.45) is 0 Å². The number of hydrogen-bond donors (Lipinski definition) is 1. The van der Waals surface area contributed by atoms with E-state index in [-0.39, 0.29) is 12.2 Å². The molecule has 0 spiro atoms. The normalized spacial score (nSPS) is 10.8. The number of carbonyl (C=O) groups is 2. The standard InChI is InChI=1S/C21H18I2N2O4/c1-12-5-4-6-18(13(12)2)25-21(27)15(10-24)7-14-8-16(22)20(17(23)9-14)29-11-19(26)28-3/h4-9H,11H2,1-3H3,(H,25,27)/b15-7+. The highest BCUT2D eigenvalue weighted by molar-refractivity contribution is 14.1. The molecule has 0 heterocycles. The number of methoxy groups -OCH3 is 1. The van der Waals surface area contributed by atoms with Crippen LogP contribution in [0.2, 0.25) is 0 Å². The number of nitrogens with zero attached hydrogens (tertiary/aromatic N) is 1. The largest absolute Gasteiger partial charge is 0.480 e. The smallest absolute Gasteiger partial charge is 0.343 e. The van der Waals surface area contributed by atoms with Crippen molar-refractivity contribution in [2.75, 3.05) is 19.0 Å². The number of ether oxygens (including phenoxy) is 2. The number of aryl methyl sites for hydroxylation is 1. The number of carbonyl (C=O) groups excluding carboxylic acids is 2. The summed E-state index contributed by atoms with van der Waals surface area (Å²) in [5, 5.41) is 12.3. The quantitative estimate of drug-likeness (QED) is 0.222. The maximum atomic E-state index is 12.6. The van der Waals surface area contributed by atoms with Gasteiger partial charge in [-0.1, -0.05) is 12.1 Å². The van der Waals surface area contributed by atoms with Gasteiger partial charge in [-0.3, -0.25) is 4.79 Å². The summed E-state index contributed by atoms with van der Waals surface area (Å²) in [6.07, 6.45) is 1.52. The van der Waals surface area contributed by atoms with Gasteiger partial charge in [0, 0.05) is 5.69 Å². The first-order valence-corrected chi connectivity index (χ1v) is 10.6. The highest BCUT2D eigenvalue weighted by Gasteiger charge is 2.14. The molecule has 0 unspecified atom stereocenters. The number of halogens is 2. The molecule has 0 fully saturated rings. The zero-order chi connectivity index (χ0) is 21.6. The van der Waals surface area contributed by atoms with Gasteiger partial charge in [-0.25, -0.2) is 4.79 Å². The Labute approximate surface area is 196 Å². The molecule has 0 aliphatic carbocycles. The Hall–Kier alpha value is -2.13. The maximum absolute atomic E-state index is 12.6. The minimum absolute atomic E-state index is 0.0132. The number of benzene rings is 2. The lowest BCUT2D eigenvalue weighted by Gasteiger charge is -2.11. The second-order valence-electron chi connectivity index (χ2n) is 6.05. The molecule has 0 saturated carbocycles. The number of amides is 1. The van der Waals surface area contributed by atoms with Crippen LogP contribution in [-0.2, 0) is 14.3 Å². The predicted molar refractivity (Wildman–Crippen MR) is 128 cm³/mol. The second kappa shape index (κ2) is 10.6. The van der Waals surface area contributed by atoms with E-state index in [0.717, 1.165) is 18.3 Å². The Kier molecular flexibility index (Phi) is 8.45. The fourth-order valence-electron chi connectivity index (χ4n) is 2.38. The molecule has 1 amide bonds. The molecule has 2 aromatic rings. The molecule has 1 N–H and O–H groups in total. The van der Waals surface area contributed by atoms with Crippen LogP contribution in [0.5, 0.6) is 5.75 Å². The summed E-state index contributed by atoms with van der Waals surface area (Å²) < 4.78 is 11.6. The molecule has 8 heteroatoms. The van der Waals surface area contributed by atoms with E-state index in [1.165, 1.54) is 13.2 Å². The van der Waals surface area contributed by atoms with Crippen LogP contribution in [0.1, 0.15) is 16.7 Å². The second-order valence-corrected chi connectivity index (χ2v) is 8.37. The zero-order valence-corrected chi connectivity index (χ0v) is 20.3. The number of nitrogens with one attached hydrogen (secondary N) is 1. The Bertz CT molecular complexity index is 1000. The van der Waals surface area contributed by atoms with Crippen LogP contribution < -0.4 is 10.1 Å². The first-order valence-electron chi connectivity index (χ1n) is 8.44. The van der Waals surface area contributed by atoms with Crippen molar-refractivity contribution in [3.8, 4) is 11.8 Å². The highest BCUT2D eigenvalue weighted by atomic mass is 127. The van der Waals surface area contributed by atoms with Crippen LogP contribution in [0.3, 0.4) is 0 Å². The zero-order valence-electron chi connectivity index (χ0n) is 16.0. The lowest BCUT2D eigenvalue weighted by Crippen LogP contribution is -2.15. The molecule has 0 radical (unpaired) electrons. The molecule has 0 atom stereocenters. The van der Waals surface area contributed by atoms with Crippen LogP contribution in [0.4, 0.5) is 5.69 Å². The van der Waals surface area contributed by atoms with Crippen LogP contribution in [0.25, 0.3) is 6.08 Å². The monoisotopic (exact) mass is 616 g/mol. The van der Waals surface area contributed by atoms with E-state index >= 15 is 0 Å². The van der Waals surface area contributed by atoms with E-state index in [2.05, 4.69) is 55.2 Å². The van der Waals surface area contributed by atoms with E-state index in [4.69, 9.17) is 4.74 Å². The molecule has 2 rings (SSSR count). The summed E-state index contributed by atoms with van der Waals surface area (Å²) in [4.78, 5) is 23.9. The van der Waals surface area contributed by atoms with E-state index in [0.29, 0.717) is 17.0 Å². The van der Waals surface area contributed by atoms with Crippen molar-refractivity contribution >= 4 is 68.8 Å². The van der Waals surface area contributed by atoms with Crippen molar-refractivity contribution in [1.29, 1.82) is 5.26 Å². The van der Waals surface area contributed by atoms with Crippen molar-refractivity contribution in [1.82, 2.24) is 0 Å². The highest BCUT2D eigenvalue weighted by Crippen LogP contribution is 2.30. The summed E-state index contributed by atoms with van der Waals surface area (Å²) in [7, 11) is 1.29. The van der Waals surface area contributed by atoms with Gasteiger partial charge in [0.05, 0.1) is 14.3 Å². The first kappa shape index (κ1) is 23.2. The summed E-state index contributed by atoms with van der Waals surface area (Å²) in [6.45, 7) is 3.68. The average molecular weight is 616 g/mol. The minimum Gasteiger partial charge on any atom is -0.480 e. The van der Waals surface area contributed by atoms with Crippen LogP contribution >= 0.6 is 45.2 Å². The Morgan fingerprint density at radius 1 is 1.21 bits per heavy atom. The van der Waals surface area contributed by atoms with Gasteiger partial charge in [0.15, 0.2) is 6.61 Å². The lowest BCUT2D eigenvalue weighted by molar-refractivity contribution is -0.142. The third-order valence-corrected chi connectivity index (χ3v) is 5.71. The third-order valence-electron chi connectivity index (χ3n) is 4.11. The van der Waals surface area contributed by atoms with Crippen LogP contribution in [-0.4, -0.2) is 25.6 Å². The van der Waals surface area contributed by atoms with Gasteiger partial charge in [0.1, 0.15) is 17.4 Å². The molecule has 0 saturated heterocycles. The average Bonchev–Trinajstić information content (AvgIpc) is 2.68. The summed E-state index contributed by atoms with van der Waals surface area (Å²) in [5.41, 5.74) is 3.34. The molecule has 0 bridgehead atoms. The molecule has 2 aromatic carbocycles. The SMILES string of the molecule is COC(=O)COc1c(I)cc(/C=C(\C#N)C(=O)Nc2cccc(C)c2C)cc1I. The molecule has 0 aromatic heterocycles. The summed E-state index contributed by atoms with van der Waals surface area (Å²) >= 11 is 4.16. The van der Waals surface area contributed by atoms with E-state index in [1.807, 2.05) is 32.0 Å². The molecular formula is C21H18I2N2O4. The topological polar surface area (TPSA) is 88.4 Å². The number of hydrogen-bond acceptors (Lipinski definition) is 5. The lowest BCUT2D eigenvalue weighted by atomic mass is 10.1. The number of rotatable bonds is 6. The minimum atomic E-state index is -0.476. The maximum Gasteiger partial charge on any atom is 0.343 e. The molecular weight excluding hydrogens is 598 g/mol. The summed E-state index contributed by atoms with van der Waals surface area (Å²) in [6, 6.07) is 11.1. The van der Waals surface area contributed by atoms with Gasteiger partial charge >= 0.3 is 5.97 Å². The molecule has 150 valence electrons. The van der Waals surface area contributed by atoms with Crippen molar-refractivity contribution in [2.45, 2.75) is 13.8 Å². The number of nitriles is 1. The van der Waals surface area contributed by atoms with Crippen molar-refractivity contribution in [3.63, 3.8) is 0 Å². The van der Waals surface area contributed by atoms with E-state index in [1.54, 1.807) is 18.2 Å². The van der Waals surface area contributed by atoms with Gasteiger partial charge in [0.2, 0.25) is 0 Å². The third kappa shape index (κ3) is 6.17. The fraction of sp³-hybridized carbons (Fsp3) is 0.190. The number of anilines is 1. The number of esters is 1. The van der Waals surface area contributed by atoms with E-state index in [9.17, 15) is 14.9 Å². The Morgan fingerprint density at radius 2 is 1.86 bits per heavy atom. The predicted octanol–water partition coefficient (Wildman–Crippen LogP) is 4.61. The van der Waals surface area contributed by atoms with E-state index < -0.39 is 11.9 Å². The van der Waals surface area contributed by atoms with Crippen molar-refractivity contribution in [3.05, 3.63) is 59.7 Å². The molecule has 29 heavy (non-hydrogen) atoms. The Balaban J connectivity index is 2.26. The van der Waals surface area contributed by atoms with Gasteiger partial charge in [-0.15, -0.1) is 0 Å². The van der Waals surface area contributed by atoms with Gasteiger partial charge in [-0.2, -0.15) is 5.26 Å². The van der Waals surface area contributed by atoms with Gasteiger partial charge < -0.3 is 14.8 Å². The molecule has 6 nitrogen and oxygen atoms in total. The van der Waals surface area contributed by atoms with Crippen LogP contribution in [0, 0.1) is 32.3 Å².